The minimum atomic E-state index is -1.00. The molecule has 1 aliphatic rings. The van der Waals surface area contributed by atoms with Crippen LogP contribution < -0.4 is 21.3 Å². The van der Waals surface area contributed by atoms with Gasteiger partial charge in [-0.2, -0.15) is 5.10 Å². The van der Waals surface area contributed by atoms with Crippen LogP contribution in [0.5, 0.6) is 5.75 Å². The molecule has 0 saturated heterocycles. The second kappa shape index (κ2) is 8.29. The molecule has 0 bridgehead atoms. The molecule has 4 aromatic rings. The summed E-state index contributed by atoms with van der Waals surface area (Å²) >= 11 is 0. The second-order valence-electron chi connectivity index (χ2n) is 8.15. The molecule has 2 heterocycles. The Labute approximate surface area is 192 Å². The largest absolute Gasteiger partial charge is 0.496 e. The number of hydrogen-bond acceptors (Lipinski definition) is 5. The summed E-state index contributed by atoms with van der Waals surface area (Å²) < 4.78 is 34.1. The molecule has 1 fully saturated rings. The highest BCUT2D eigenvalue weighted by Gasteiger charge is 2.40. The van der Waals surface area contributed by atoms with Gasteiger partial charge in [-0.25, -0.2) is 13.9 Å². The van der Waals surface area contributed by atoms with Gasteiger partial charge in [0.05, 0.1) is 24.1 Å². The fraction of sp³-hybridized carbons (Fsp3) is 0.208. The van der Waals surface area contributed by atoms with Gasteiger partial charge in [0, 0.05) is 24.7 Å². The fourth-order valence-electron chi connectivity index (χ4n) is 4.09. The third kappa shape index (κ3) is 3.76. The van der Waals surface area contributed by atoms with Crippen molar-refractivity contribution in [3.05, 3.63) is 76.0 Å². The van der Waals surface area contributed by atoms with Gasteiger partial charge in [0.2, 0.25) is 0 Å². The number of anilines is 1. The Morgan fingerprint density at radius 1 is 1.29 bits per heavy atom. The number of nitrogens with zero attached hydrogens (tertiary/aromatic N) is 2. The summed E-state index contributed by atoms with van der Waals surface area (Å²) in [6, 6.07) is 10.6. The van der Waals surface area contributed by atoms with Gasteiger partial charge >= 0.3 is 0 Å². The van der Waals surface area contributed by atoms with E-state index in [1.807, 2.05) is 24.3 Å². The number of carbonyl (C=O) groups excluding carboxylic acids is 1. The molecule has 10 heteroatoms. The number of nitrogen functional groups attached to an aromatic ring is 1. The van der Waals surface area contributed by atoms with Crippen LogP contribution in [0.2, 0.25) is 0 Å². The summed E-state index contributed by atoms with van der Waals surface area (Å²) in [6.07, 6.45) is 1.08. The number of rotatable bonds is 6. The standard InChI is InChI=1S/C24H21F2N5O3/c1-34-19-7-6-14(25)8-15(19)23(32)28-10-12-2-4-13(5-3-12)16-11-31(18-9-17(18)26)21-20(16)22(27)29-30-24(21)33/h2-8,11,17-18H,9-10H2,1H3,(H2,27,29)(H,28,32)(H,30,33)/t17-,18+/m0/s1. The number of alkyl halides is 1. The van der Waals surface area contributed by atoms with Crippen LogP contribution in [0.3, 0.4) is 0 Å². The number of methoxy groups -OCH3 is 1. The molecule has 174 valence electrons. The van der Waals surface area contributed by atoms with Gasteiger partial charge in [0.25, 0.3) is 11.5 Å². The van der Waals surface area contributed by atoms with Gasteiger partial charge in [-0.15, -0.1) is 0 Å². The molecule has 5 rings (SSSR count). The number of benzene rings is 2. The average molecular weight is 465 g/mol. The van der Waals surface area contributed by atoms with Crippen molar-refractivity contribution >= 4 is 22.6 Å². The van der Waals surface area contributed by atoms with Crippen molar-refractivity contribution in [3.63, 3.8) is 0 Å². The summed E-state index contributed by atoms with van der Waals surface area (Å²) in [7, 11) is 1.41. The van der Waals surface area contributed by atoms with Gasteiger partial charge in [-0.1, -0.05) is 24.3 Å². The number of H-pyrrole nitrogens is 1. The molecule has 1 amide bonds. The maximum Gasteiger partial charge on any atom is 0.288 e. The highest BCUT2D eigenvalue weighted by molar-refractivity contribution is 6.02. The van der Waals surface area contributed by atoms with E-state index in [0.717, 1.165) is 17.2 Å². The van der Waals surface area contributed by atoms with Gasteiger partial charge < -0.3 is 20.4 Å². The minimum Gasteiger partial charge on any atom is -0.496 e. The number of amides is 1. The predicted octanol–water partition coefficient (Wildman–Crippen LogP) is 3.33. The van der Waals surface area contributed by atoms with Crippen molar-refractivity contribution < 1.29 is 18.3 Å². The van der Waals surface area contributed by atoms with Crippen LogP contribution >= 0.6 is 0 Å². The normalized spacial score (nSPS) is 17.0. The Kier molecular flexibility index (Phi) is 5.27. The van der Waals surface area contributed by atoms with Crippen molar-refractivity contribution in [3.8, 4) is 16.9 Å². The zero-order valence-electron chi connectivity index (χ0n) is 18.1. The van der Waals surface area contributed by atoms with Crippen molar-refractivity contribution in [2.45, 2.75) is 25.2 Å². The molecule has 0 radical (unpaired) electrons. The quantitative estimate of drug-likeness (QED) is 0.404. The van der Waals surface area contributed by atoms with Crippen LogP contribution in [-0.4, -0.2) is 34.0 Å². The highest BCUT2D eigenvalue weighted by atomic mass is 19.1. The van der Waals surface area contributed by atoms with Crippen LogP contribution in [0.15, 0.2) is 53.5 Å². The Bertz CT molecular complexity index is 1460. The van der Waals surface area contributed by atoms with E-state index in [0.29, 0.717) is 22.9 Å². The van der Waals surface area contributed by atoms with E-state index in [9.17, 15) is 18.4 Å². The number of hydrogen-bond donors (Lipinski definition) is 3. The minimum absolute atomic E-state index is 0.103. The number of carbonyl (C=O) groups is 1. The van der Waals surface area contributed by atoms with Gasteiger partial charge in [-0.05, 0) is 29.3 Å². The maximum absolute atomic E-state index is 13.8. The van der Waals surface area contributed by atoms with E-state index < -0.39 is 29.5 Å². The van der Waals surface area contributed by atoms with Crippen LogP contribution in [0.4, 0.5) is 14.6 Å². The second-order valence-corrected chi connectivity index (χ2v) is 8.15. The van der Waals surface area contributed by atoms with Gasteiger partial charge in [0.15, 0.2) is 5.82 Å². The first-order chi connectivity index (χ1) is 16.4. The molecule has 1 aliphatic carbocycles. The van der Waals surface area contributed by atoms with E-state index in [2.05, 4.69) is 15.5 Å². The number of ether oxygens (including phenoxy) is 1. The van der Waals surface area contributed by atoms with Crippen LogP contribution in [0, 0.1) is 5.82 Å². The lowest BCUT2D eigenvalue weighted by molar-refractivity contribution is 0.0947. The van der Waals surface area contributed by atoms with E-state index in [1.54, 1.807) is 10.8 Å². The molecule has 2 aromatic carbocycles. The molecule has 8 nitrogen and oxygen atoms in total. The Balaban J connectivity index is 1.40. The molecule has 4 N–H and O–H groups in total. The number of aromatic amines is 1. The smallest absolute Gasteiger partial charge is 0.288 e. The molecule has 1 saturated carbocycles. The average Bonchev–Trinajstić information content (AvgIpc) is 3.42. The van der Waals surface area contributed by atoms with E-state index >= 15 is 0 Å². The van der Waals surface area contributed by atoms with Gasteiger partial charge in [0.1, 0.15) is 23.3 Å². The first-order valence-corrected chi connectivity index (χ1v) is 10.6. The van der Waals surface area contributed by atoms with Crippen LogP contribution in [-0.2, 0) is 6.54 Å². The molecule has 2 atom stereocenters. The van der Waals surface area contributed by atoms with E-state index in [4.69, 9.17) is 10.5 Å². The summed E-state index contributed by atoms with van der Waals surface area (Å²) in [4.78, 5) is 24.9. The Hall–Kier alpha value is -4.21. The first kappa shape index (κ1) is 21.6. The number of aromatic nitrogens is 3. The summed E-state index contributed by atoms with van der Waals surface area (Å²) in [5.74, 6) is -0.572. The molecule has 34 heavy (non-hydrogen) atoms. The fourth-order valence-corrected chi connectivity index (χ4v) is 4.09. The number of nitrogens with two attached hydrogens (primary N) is 1. The summed E-state index contributed by atoms with van der Waals surface area (Å²) in [6.45, 7) is 0.204. The van der Waals surface area contributed by atoms with Crippen molar-refractivity contribution in [2.75, 3.05) is 12.8 Å². The molecular formula is C24H21F2N5O3. The number of fused-ring (bicyclic) bond motifs is 1. The summed E-state index contributed by atoms with van der Waals surface area (Å²) in [5, 5.41) is 9.45. The van der Waals surface area contributed by atoms with Crippen molar-refractivity contribution in [2.24, 2.45) is 0 Å². The SMILES string of the molecule is COc1ccc(F)cc1C(=O)NCc1ccc(-c2cn([C@@H]3C[C@@H]3F)c3c(=O)[nH]nc(N)c23)cc1. The maximum atomic E-state index is 13.8. The van der Waals surface area contributed by atoms with Gasteiger partial charge in [-0.3, -0.25) is 9.59 Å². The molecule has 0 unspecified atom stereocenters. The van der Waals surface area contributed by atoms with E-state index in [-0.39, 0.29) is 23.7 Å². The van der Waals surface area contributed by atoms with Crippen LogP contribution in [0.1, 0.15) is 28.4 Å². The summed E-state index contributed by atoms with van der Waals surface area (Å²) in [5.41, 5.74) is 8.27. The molecule has 0 spiro atoms. The Morgan fingerprint density at radius 2 is 2.03 bits per heavy atom. The zero-order chi connectivity index (χ0) is 24.0. The molecule has 0 aliphatic heterocycles. The number of halogens is 2. The van der Waals surface area contributed by atoms with E-state index in [1.165, 1.54) is 19.2 Å². The third-order valence-corrected chi connectivity index (χ3v) is 5.94. The molecule has 2 aromatic heterocycles. The lowest BCUT2D eigenvalue weighted by Gasteiger charge is -2.10. The zero-order valence-corrected chi connectivity index (χ0v) is 18.1. The molecular weight excluding hydrogens is 444 g/mol. The van der Waals surface area contributed by atoms with Crippen molar-refractivity contribution in [1.29, 1.82) is 0 Å². The lowest BCUT2D eigenvalue weighted by Crippen LogP contribution is -2.23. The lowest BCUT2D eigenvalue weighted by atomic mass is 10.0. The third-order valence-electron chi connectivity index (χ3n) is 5.94. The Morgan fingerprint density at radius 3 is 2.71 bits per heavy atom. The predicted molar refractivity (Wildman–Crippen MR) is 123 cm³/mol. The monoisotopic (exact) mass is 465 g/mol. The number of nitrogens with one attached hydrogen (secondary N) is 2. The van der Waals surface area contributed by atoms with Crippen molar-refractivity contribution in [1.82, 2.24) is 20.1 Å². The topological polar surface area (TPSA) is 115 Å². The first-order valence-electron chi connectivity index (χ1n) is 10.6. The van der Waals surface area contributed by atoms with Crippen LogP contribution in [0.25, 0.3) is 22.0 Å². The highest BCUT2D eigenvalue weighted by Crippen LogP contribution is 2.43.